The van der Waals surface area contributed by atoms with Crippen LogP contribution in [0.1, 0.15) is 79.7 Å². The fraction of sp³-hybridized carbons (Fsp3) is 0.217. The number of hydrogen-bond acceptors (Lipinski definition) is 2. The highest BCUT2D eigenvalue weighted by molar-refractivity contribution is 6.12. The van der Waals surface area contributed by atoms with Gasteiger partial charge in [0.05, 0.1) is 5.71 Å². The van der Waals surface area contributed by atoms with Crippen LogP contribution in [0, 0.1) is 0 Å². The Balaban J connectivity index is 1.49. The summed E-state index contributed by atoms with van der Waals surface area (Å²) in [4.78, 5) is 5.47. The molecule has 7 aromatic rings. The number of rotatable bonds is 4. The van der Waals surface area contributed by atoms with E-state index in [1.54, 1.807) is 0 Å². The van der Waals surface area contributed by atoms with E-state index in [4.69, 9.17) is 16.0 Å². The second kappa shape index (κ2) is 11.6. The topological polar surface area (TPSA) is 34.3 Å². The number of hydrogen-bond donors (Lipinski definition) is 0. The van der Waals surface area contributed by atoms with Crippen LogP contribution in [0.25, 0.3) is 55.7 Å². The first-order chi connectivity index (χ1) is 24.4. The molecule has 0 bridgehead atoms. The van der Waals surface area contributed by atoms with Crippen LogP contribution in [0.4, 0.5) is 0 Å². The molecule has 0 spiro atoms. The minimum Gasteiger partial charge on any atom is -0.455 e. The van der Waals surface area contributed by atoms with Gasteiger partial charge in [-0.05, 0) is 60.1 Å². The second-order valence-electron chi connectivity index (χ2n) is 14.5. The summed E-state index contributed by atoms with van der Waals surface area (Å²) in [5, 5.41) is 2.26. The van der Waals surface area contributed by atoms with Gasteiger partial charge in [-0.3, -0.25) is 4.99 Å². The molecule has 4 heteroatoms. The Morgan fingerprint density at radius 1 is 0.820 bits per heavy atom. The summed E-state index contributed by atoms with van der Waals surface area (Å²) < 4.78 is 11.9. The van der Waals surface area contributed by atoms with E-state index in [9.17, 15) is 0 Å². The summed E-state index contributed by atoms with van der Waals surface area (Å²) in [5.41, 5.74) is 14.7. The fourth-order valence-electron chi connectivity index (χ4n) is 8.72. The molecule has 2 aliphatic rings. The Kier molecular flexibility index (Phi) is 7.06. The third kappa shape index (κ3) is 4.37. The highest BCUT2D eigenvalue weighted by atomic mass is 16.3. The number of allylic oxidation sites excluding steroid dienone is 1. The van der Waals surface area contributed by atoms with E-state index in [0.29, 0.717) is 11.8 Å². The van der Waals surface area contributed by atoms with Gasteiger partial charge in [0.15, 0.2) is 16.6 Å². The molecular formula is C46H42N3O+. The van der Waals surface area contributed by atoms with E-state index < -0.39 is 0 Å². The largest absolute Gasteiger partial charge is 0.455 e. The van der Waals surface area contributed by atoms with Gasteiger partial charge in [-0.2, -0.15) is 9.13 Å². The Hall–Kier alpha value is -5.48. The number of furan rings is 1. The summed E-state index contributed by atoms with van der Waals surface area (Å²) in [7, 11) is 0. The van der Waals surface area contributed by atoms with Crippen molar-refractivity contribution in [2.45, 2.75) is 64.3 Å². The summed E-state index contributed by atoms with van der Waals surface area (Å²) >= 11 is 0. The minimum atomic E-state index is -0.175. The van der Waals surface area contributed by atoms with Crippen LogP contribution in [0.3, 0.4) is 0 Å². The Labute approximate surface area is 293 Å². The average molecular weight is 653 g/mol. The van der Waals surface area contributed by atoms with Gasteiger partial charge >= 0.3 is 5.82 Å². The first kappa shape index (κ1) is 30.6. The van der Waals surface area contributed by atoms with E-state index in [1.165, 1.54) is 33.5 Å². The lowest BCUT2D eigenvalue weighted by Crippen LogP contribution is -2.37. The van der Waals surface area contributed by atoms with Crippen LogP contribution in [-0.4, -0.2) is 16.3 Å². The van der Waals surface area contributed by atoms with Gasteiger partial charge in [-0.25, -0.2) is 0 Å². The molecular weight excluding hydrogens is 611 g/mol. The van der Waals surface area contributed by atoms with E-state index >= 15 is 0 Å². The number of fused-ring (bicyclic) bond motifs is 12. The van der Waals surface area contributed by atoms with Crippen molar-refractivity contribution in [3.8, 4) is 17.1 Å². The van der Waals surface area contributed by atoms with E-state index in [-0.39, 0.29) is 12.0 Å². The van der Waals surface area contributed by atoms with Crippen LogP contribution >= 0.6 is 0 Å². The molecule has 0 fully saturated rings. The summed E-state index contributed by atoms with van der Waals surface area (Å²) in [6, 6.07) is 37.2. The van der Waals surface area contributed by atoms with Crippen molar-refractivity contribution in [2.24, 2.45) is 4.99 Å². The van der Waals surface area contributed by atoms with Crippen molar-refractivity contribution in [2.75, 3.05) is 0 Å². The maximum atomic E-state index is 6.93. The first-order valence-electron chi connectivity index (χ1n) is 18.0. The molecule has 0 amide bonds. The molecule has 0 N–H and O–H groups in total. The van der Waals surface area contributed by atoms with E-state index in [0.717, 1.165) is 68.6 Å². The molecule has 2 aliphatic heterocycles. The maximum absolute atomic E-state index is 6.93. The molecule has 0 radical (unpaired) electrons. The van der Waals surface area contributed by atoms with Crippen LogP contribution in [0.2, 0.25) is 0 Å². The number of aliphatic imine (C=N–C) groups is 1. The van der Waals surface area contributed by atoms with Gasteiger partial charge in [-0.15, -0.1) is 0 Å². The Morgan fingerprint density at radius 3 is 2.32 bits per heavy atom. The molecule has 9 rings (SSSR count). The monoisotopic (exact) mass is 652 g/mol. The highest BCUT2D eigenvalue weighted by Crippen LogP contribution is 2.46. The smallest absolute Gasteiger partial charge is 0.304 e. The van der Waals surface area contributed by atoms with Crippen molar-refractivity contribution in [1.29, 1.82) is 0 Å². The van der Waals surface area contributed by atoms with Gasteiger partial charge in [0, 0.05) is 33.4 Å². The van der Waals surface area contributed by atoms with Gasteiger partial charge in [-0.1, -0.05) is 126 Å². The quantitative estimate of drug-likeness (QED) is 0.174. The molecule has 5 aromatic carbocycles. The zero-order valence-electron chi connectivity index (χ0n) is 29.3. The molecule has 50 heavy (non-hydrogen) atoms. The van der Waals surface area contributed by atoms with Gasteiger partial charge < -0.3 is 4.42 Å². The number of nitrogens with zero attached hydrogens (tertiary/aromatic N) is 3. The zero-order valence-corrected chi connectivity index (χ0v) is 29.3. The molecule has 0 saturated carbocycles. The molecule has 4 nitrogen and oxygen atoms in total. The molecule has 0 saturated heterocycles. The van der Waals surface area contributed by atoms with E-state index in [2.05, 4.69) is 147 Å². The zero-order chi connectivity index (χ0) is 34.3. The van der Waals surface area contributed by atoms with Gasteiger partial charge in [0.25, 0.3) is 0 Å². The summed E-state index contributed by atoms with van der Waals surface area (Å²) in [5.74, 6) is 1.84. The van der Waals surface area contributed by atoms with Crippen molar-refractivity contribution >= 4 is 44.4 Å². The third-order valence-corrected chi connectivity index (χ3v) is 11.1. The van der Waals surface area contributed by atoms with Crippen LogP contribution < -0.4 is 4.57 Å². The fourth-order valence-corrected chi connectivity index (χ4v) is 8.72. The summed E-state index contributed by atoms with van der Waals surface area (Å²) in [6.07, 6.45) is 3.70. The molecule has 246 valence electrons. The second-order valence-corrected chi connectivity index (χ2v) is 14.5. The SMILES string of the molecule is C=CC1=NC2C(=C)n3c([n+](-c4c(C(C)C)cccc4C(C)C)c4ccccc43)-c3c(ccc4c3oc3ccccc34)CCC2c2ccccc21. The highest BCUT2D eigenvalue weighted by Gasteiger charge is 2.42. The molecule has 4 heterocycles. The van der Waals surface area contributed by atoms with Crippen LogP contribution in [0.5, 0.6) is 0 Å². The van der Waals surface area contributed by atoms with Gasteiger partial charge in [0.2, 0.25) is 0 Å². The number of benzene rings is 5. The normalized spacial score (nSPS) is 17.2. The Bertz CT molecular complexity index is 2530. The lowest BCUT2D eigenvalue weighted by Gasteiger charge is -2.31. The number of para-hydroxylation sites is 4. The predicted octanol–water partition coefficient (Wildman–Crippen LogP) is 11.3. The van der Waals surface area contributed by atoms with Crippen molar-refractivity contribution in [3.05, 3.63) is 150 Å². The van der Waals surface area contributed by atoms with Gasteiger partial charge in [0.1, 0.15) is 28.6 Å². The van der Waals surface area contributed by atoms with Crippen molar-refractivity contribution < 1.29 is 8.98 Å². The third-order valence-electron chi connectivity index (χ3n) is 11.1. The average Bonchev–Trinajstić information content (AvgIpc) is 3.69. The van der Waals surface area contributed by atoms with Crippen molar-refractivity contribution in [3.63, 3.8) is 0 Å². The number of imidazole rings is 1. The molecule has 2 unspecified atom stereocenters. The molecule has 0 aliphatic carbocycles. The van der Waals surface area contributed by atoms with Crippen molar-refractivity contribution in [1.82, 2.24) is 4.57 Å². The lowest BCUT2D eigenvalue weighted by molar-refractivity contribution is -0.556. The first-order valence-corrected chi connectivity index (χ1v) is 18.0. The maximum Gasteiger partial charge on any atom is 0.304 e. The molecule has 2 aromatic heterocycles. The number of aryl methyl sites for hydroxylation is 1. The van der Waals surface area contributed by atoms with E-state index in [1.807, 2.05) is 6.08 Å². The minimum absolute atomic E-state index is 0.149. The standard InChI is InChI=1S/C46H42N3O/c1-7-38-34-16-9-8-15-33(34)36-25-23-30-24-26-37-35-17-10-13-22-41(35)50-45(37)42(30)46-48(29(6)43(36)47-38)39-20-11-12-21-40(39)49(46)44-31(27(2)3)18-14-19-32(44)28(4)5/h7-22,24,26-28,36,43H,1,6,23,25H2,2-5H3/q+1. The predicted molar refractivity (Wildman–Crippen MR) is 208 cm³/mol. The summed E-state index contributed by atoms with van der Waals surface area (Å²) in [6.45, 7) is 18.4. The lowest BCUT2D eigenvalue weighted by atomic mass is 9.79. The molecule has 2 atom stereocenters. The van der Waals surface area contributed by atoms with Crippen LogP contribution in [0.15, 0.2) is 132 Å². The Morgan fingerprint density at radius 2 is 1.54 bits per heavy atom. The van der Waals surface area contributed by atoms with Crippen LogP contribution in [-0.2, 0) is 6.42 Å². The number of aromatic nitrogens is 2.